The van der Waals surface area contributed by atoms with Crippen molar-refractivity contribution in [2.24, 2.45) is 5.92 Å². The van der Waals surface area contributed by atoms with E-state index in [0.717, 1.165) is 6.42 Å². The number of nitro groups is 1. The molecule has 0 spiro atoms. The molecular weight excluding hydrogens is 292 g/mol. The van der Waals surface area contributed by atoms with E-state index in [0.29, 0.717) is 17.6 Å². The number of nitrogens with zero attached hydrogens (tertiary/aromatic N) is 1. The number of rotatable bonds is 5. The lowest BCUT2D eigenvalue weighted by Gasteiger charge is -2.12. The van der Waals surface area contributed by atoms with Crippen LogP contribution in [0.5, 0.6) is 0 Å². The Morgan fingerprint density at radius 3 is 2.71 bits per heavy atom. The molecule has 21 heavy (non-hydrogen) atoms. The van der Waals surface area contributed by atoms with Crippen molar-refractivity contribution in [3.63, 3.8) is 0 Å². The van der Waals surface area contributed by atoms with Crippen LogP contribution in [-0.4, -0.2) is 22.5 Å². The van der Waals surface area contributed by atoms with E-state index < -0.39 is 10.8 Å². The fourth-order valence-corrected chi connectivity index (χ4v) is 1.62. The van der Waals surface area contributed by atoms with Gasteiger partial charge < -0.3 is 5.32 Å². The highest BCUT2D eigenvalue weighted by molar-refractivity contribution is 7.80. The summed E-state index contributed by atoms with van der Waals surface area (Å²) < 4.78 is 0. The van der Waals surface area contributed by atoms with Gasteiger partial charge in [-0.15, -0.1) is 0 Å². The fourth-order valence-electron chi connectivity index (χ4n) is 1.46. The third-order valence-electron chi connectivity index (χ3n) is 2.62. The quantitative estimate of drug-likeness (QED) is 0.435. The summed E-state index contributed by atoms with van der Waals surface area (Å²) in [6.07, 6.45) is 0.959. The summed E-state index contributed by atoms with van der Waals surface area (Å²) >= 11 is 5.00. The molecule has 0 aromatic heterocycles. The number of carbonyl (C=O) groups excluding carboxylic acids is 1. The molecule has 0 atom stereocenters. The Morgan fingerprint density at radius 2 is 2.10 bits per heavy atom. The van der Waals surface area contributed by atoms with Crippen LogP contribution in [0, 0.1) is 16.0 Å². The van der Waals surface area contributed by atoms with Crippen molar-refractivity contribution in [3.8, 4) is 0 Å². The van der Waals surface area contributed by atoms with Crippen molar-refractivity contribution in [2.75, 3.05) is 6.54 Å². The maximum atomic E-state index is 11.8. The van der Waals surface area contributed by atoms with Crippen LogP contribution in [0.15, 0.2) is 24.3 Å². The Kier molecular flexibility index (Phi) is 6.54. The van der Waals surface area contributed by atoms with Crippen LogP contribution >= 0.6 is 12.2 Å². The SMILES string of the molecule is CC(C)CCNC(=S)NNC(=O)c1cccc([N+](=O)[O-])c1. The maximum absolute atomic E-state index is 11.8. The molecule has 114 valence electrons. The summed E-state index contributed by atoms with van der Waals surface area (Å²) in [7, 11) is 0. The van der Waals surface area contributed by atoms with Gasteiger partial charge in [0.1, 0.15) is 0 Å². The molecule has 0 saturated carbocycles. The van der Waals surface area contributed by atoms with Crippen molar-refractivity contribution in [3.05, 3.63) is 39.9 Å². The summed E-state index contributed by atoms with van der Waals surface area (Å²) in [5.41, 5.74) is 4.99. The van der Waals surface area contributed by atoms with E-state index in [1.165, 1.54) is 24.3 Å². The largest absolute Gasteiger partial charge is 0.361 e. The summed E-state index contributed by atoms with van der Waals surface area (Å²) in [5.74, 6) is 0.0615. The number of carbonyl (C=O) groups is 1. The first-order valence-corrected chi connectivity index (χ1v) is 6.89. The van der Waals surface area contributed by atoms with Gasteiger partial charge in [-0.2, -0.15) is 0 Å². The molecule has 0 aliphatic carbocycles. The number of thiocarbonyl (C=S) groups is 1. The summed E-state index contributed by atoms with van der Waals surface area (Å²) in [5, 5.41) is 13.9. The standard InChI is InChI=1S/C13H18N4O3S/c1-9(2)6-7-14-13(21)16-15-12(18)10-4-3-5-11(8-10)17(19)20/h3-5,8-9H,6-7H2,1-2H3,(H,15,18)(H2,14,16,21). The van der Waals surface area contributed by atoms with Gasteiger partial charge >= 0.3 is 0 Å². The number of non-ortho nitro benzene ring substituents is 1. The lowest BCUT2D eigenvalue weighted by molar-refractivity contribution is -0.384. The molecular formula is C13H18N4O3S. The second-order valence-corrected chi connectivity index (χ2v) is 5.23. The Bertz CT molecular complexity index is 534. The highest BCUT2D eigenvalue weighted by atomic mass is 32.1. The van der Waals surface area contributed by atoms with Gasteiger partial charge in [-0.1, -0.05) is 19.9 Å². The van der Waals surface area contributed by atoms with Gasteiger partial charge in [-0.3, -0.25) is 25.8 Å². The van der Waals surface area contributed by atoms with Crippen LogP contribution < -0.4 is 16.2 Å². The summed E-state index contributed by atoms with van der Waals surface area (Å²) in [4.78, 5) is 21.9. The van der Waals surface area contributed by atoms with Crippen molar-refractivity contribution in [1.29, 1.82) is 0 Å². The number of amides is 1. The predicted octanol–water partition coefficient (Wildman–Crippen LogP) is 1.75. The van der Waals surface area contributed by atoms with Crippen LogP contribution in [0.25, 0.3) is 0 Å². The van der Waals surface area contributed by atoms with Gasteiger partial charge in [0.05, 0.1) is 4.92 Å². The number of nitro benzene ring substituents is 1. The third kappa shape index (κ3) is 6.17. The zero-order valence-corrected chi connectivity index (χ0v) is 12.7. The zero-order chi connectivity index (χ0) is 15.8. The van der Waals surface area contributed by atoms with Crippen LogP contribution in [0.4, 0.5) is 5.69 Å². The summed E-state index contributed by atoms with van der Waals surface area (Å²) in [6.45, 7) is 4.90. The smallest absolute Gasteiger partial charge is 0.270 e. The second-order valence-electron chi connectivity index (χ2n) is 4.82. The normalized spacial score (nSPS) is 10.0. The first-order valence-electron chi connectivity index (χ1n) is 6.48. The highest BCUT2D eigenvalue weighted by Crippen LogP contribution is 2.12. The number of benzene rings is 1. The molecule has 0 saturated heterocycles. The number of hydrogen-bond acceptors (Lipinski definition) is 4. The van der Waals surface area contributed by atoms with E-state index in [1.807, 2.05) is 0 Å². The van der Waals surface area contributed by atoms with E-state index in [9.17, 15) is 14.9 Å². The molecule has 1 aromatic rings. The summed E-state index contributed by atoms with van der Waals surface area (Å²) in [6, 6.07) is 5.46. The molecule has 8 heteroatoms. The van der Waals surface area contributed by atoms with Gasteiger partial charge in [0, 0.05) is 24.2 Å². The van der Waals surface area contributed by atoms with Gasteiger partial charge in [0.15, 0.2) is 5.11 Å². The van der Waals surface area contributed by atoms with Crippen molar-refractivity contribution >= 4 is 28.9 Å². The van der Waals surface area contributed by atoms with Gasteiger partial charge in [-0.05, 0) is 30.6 Å². The molecule has 0 aliphatic rings. The maximum Gasteiger partial charge on any atom is 0.270 e. The molecule has 1 aromatic carbocycles. The van der Waals surface area contributed by atoms with Crippen LogP contribution in [0.1, 0.15) is 30.6 Å². The Labute approximate surface area is 128 Å². The van der Waals surface area contributed by atoms with Crippen LogP contribution in [0.2, 0.25) is 0 Å². The minimum atomic E-state index is -0.553. The molecule has 7 nitrogen and oxygen atoms in total. The number of hydrogen-bond donors (Lipinski definition) is 3. The Hall–Kier alpha value is -2.22. The van der Waals surface area contributed by atoms with E-state index >= 15 is 0 Å². The average molecular weight is 310 g/mol. The van der Waals surface area contributed by atoms with Gasteiger partial charge in [0.25, 0.3) is 11.6 Å². The average Bonchev–Trinajstić information content (AvgIpc) is 2.44. The minimum Gasteiger partial charge on any atom is -0.361 e. The van der Waals surface area contributed by atoms with Crippen molar-refractivity contribution in [1.82, 2.24) is 16.2 Å². The first-order chi connectivity index (χ1) is 9.90. The molecule has 0 radical (unpaired) electrons. The van der Waals surface area contributed by atoms with E-state index in [1.54, 1.807) is 0 Å². The molecule has 3 N–H and O–H groups in total. The van der Waals surface area contributed by atoms with E-state index in [2.05, 4.69) is 30.0 Å². The third-order valence-corrected chi connectivity index (χ3v) is 2.86. The lowest BCUT2D eigenvalue weighted by atomic mass is 10.1. The van der Waals surface area contributed by atoms with E-state index in [-0.39, 0.29) is 11.3 Å². The predicted molar refractivity (Wildman–Crippen MR) is 83.8 cm³/mol. The Morgan fingerprint density at radius 1 is 1.38 bits per heavy atom. The fraction of sp³-hybridized carbons (Fsp3) is 0.385. The van der Waals surface area contributed by atoms with Crippen molar-refractivity contribution < 1.29 is 9.72 Å². The van der Waals surface area contributed by atoms with Crippen LogP contribution in [0.3, 0.4) is 0 Å². The van der Waals surface area contributed by atoms with Crippen molar-refractivity contribution in [2.45, 2.75) is 20.3 Å². The Balaban J connectivity index is 2.45. The zero-order valence-electron chi connectivity index (χ0n) is 11.9. The molecule has 0 heterocycles. The molecule has 0 unspecified atom stereocenters. The minimum absolute atomic E-state index is 0.139. The second kappa shape index (κ2) is 8.15. The molecule has 0 aliphatic heterocycles. The highest BCUT2D eigenvalue weighted by Gasteiger charge is 2.11. The van der Waals surface area contributed by atoms with Crippen LogP contribution in [-0.2, 0) is 0 Å². The molecule has 0 bridgehead atoms. The number of hydrazine groups is 1. The molecule has 1 amide bonds. The van der Waals surface area contributed by atoms with E-state index in [4.69, 9.17) is 12.2 Å². The number of nitrogens with one attached hydrogen (secondary N) is 3. The first kappa shape index (κ1) is 16.8. The topological polar surface area (TPSA) is 96.3 Å². The van der Waals surface area contributed by atoms with Gasteiger partial charge in [-0.25, -0.2) is 0 Å². The van der Waals surface area contributed by atoms with Gasteiger partial charge in [0.2, 0.25) is 0 Å². The monoisotopic (exact) mass is 310 g/mol. The molecule has 1 rings (SSSR count). The lowest BCUT2D eigenvalue weighted by Crippen LogP contribution is -2.47. The molecule has 0 fully saturated rings.